The Labute approximate surface area is 145 Å². The van der Waals surface area contributed by atoms with Crippen molar-refractivity contribution in [2.45, 2.75) is 67.0 Å². The van der Waals surface area contributed by atoms with E-state index in [2.05, 4.69) is 5.32 Å². The van der Waals surface area contributed by atoms with Crippen molar-refractivity contribution in [3.05, 3.63) is 35.4 Å². The van der Waals surface area contributed by atoms with Crippen molar-refractivity contribution in [2.75, 3.05) is 0 Å². The van der Waals surface area contributed by atoms with Gasteiger partial charge in [-0.25, -0.2) is 0 Å². The number of nitrogens with one attached hydrogen (secondary N) is 1. The van der Waals surface area contributed by atoms with Gasteiger partial charge < -0.3 is 4.90 Å². The second-order valence-electron chi connectivity index (χ2n) is 4.56. The molecule has 1 fully saturated rings. The van der Waals surface area contributed by atoms with Gasteiger partial charge in [0, 0.05) is 18.5 Å². The highest BCUT2D eigenvalue weighted by atomic mass is 16.2. The summed E-state index contributed by atoms with van der Waals surface area (Å²) in [6.07, 6.45) is 0.695. The number of hydrogen-bond donors (Lipinski definition) is 1. The fraction of sp³-hybridized carbons (Fsp3) is 0.526. The Kier molecular flexibility index (Phi) is 10.3. The summed E-state index contributed by atoms with van der Waals surface area (Å²) in [4.78, 5) is 36.6. The van der Waals surface area contributed by atoms with E-state index in [1.54, 1.807) is 11.0 Å². The normalized spacial score (nSPS) is 18.0. The Morgan fingerprint density at radius 2 is 1.54 bits per heavy atom. The molecule has 134 valence electrons. The van der Waals surface area contributed by atoms with Crippen LogP contribution in [0, 0.1) is 0 Å². The Morgan fingerprint density at radius 1 is 0.958 bits per heavy atom. The van der Waals surface area contributed by atoms with Crippen molar-refractivity contribution in [1.29, 1.82) is 0 Å². The average molecular weight is 334 g/mol. The third-order valence-electron chi connectivity index (χ3n) is 3.44. The third kappa shape index (κ3) is 4.91. The first-order chi connectivity index (χ1) is 11.7. The molecule has 1 atom stereocenters. The van der Waals surface area contributed by atoms with Crippen molar-refractivity contribution in [1.82, 2.24) is 10.2 Å². The number of rotatable bonds is 1. The lowest BCUT2D eigenvalue weighted by molar-refractivity contribution is -0.136. The standard InChI is InChI=1S/C13H12N2O3.3C2H6/c16-11-6-5-10(12(17)14-11)15-7-8-3-1-2-4-9(8)13(15)18;3*1-2/h1-4,10H,5-7H2,(H,14,16,17);3*1-2H3. The first-order valence-corrected chi connectivity index (χ1v) is 8.89. The SMILES string of the molecule is CC.CC.CC.O=C1CCC(N2Cc3ccccc3C2=O)C(=O)N1. The topological polar surface area (TPSA) is 66.5 Å². The lowest BCUT2D eigenvalue weighted by Gasteiger charge is -2.29. The number of nitrogens with zero attached hydrogens (tertiary/aromatic N) is 1. The number of imide groups is 1. The molecule has 3 amide bonds. The second kappa shape index (κ2) is 11.4. The molecule has 24 heavy (non-hydrogen) atoms. The van der Waals surface area contributed by atoms with Crippen molar-refractivity contribution < 1.29 is 14.4 Å². The predicted octanol–water partition coefficient (Wildman–Crippen LogP) is 3.53. The van der Waals surface area contributed by atoms with Crippen LogP contribution in [-0.4, -0.2) is 28.7 Å². The number of carbonyl (C=O) groups is 3. The molecule has 0 aliphatic carbocycles. The van der Waals surface area contributed by atoms with Crippen LogP contribution in [0.3, 0.4) is 0 Å². The molecule has 0 radical (unpaired) electrons. The molecular formula is C19H30N2O3. The molecule has 1 saturated heterocycles. The van der Waals surface area contributed by atoms with E-state index >= 15 is 0 Å². The molecule has 5 nitrogen and oxygen atoms in total. The Bertz CT molecular complexity index is 555. The van der Waals surface area contributed by atoms with Crippen LogP contribution < -0.4 is 5.32 Å². The van der Waals surface area contributed by atoms with Gasteiger partial charge >= 0.3 is 0 Å². The van der Waals surface area contributed by atoms with Crippen LogP contribution in [0.4, 0.5) is 0 Å². The van der Waals surface area contributed by atoms with Gasteiger partial charge in [-0.1, -0.05) is 59.7 Å². The molecule has 3 rings (SSSR count). The lowest BCUT2D eigenvalue weighted by Crippen LogP contribution is -2.52. The van der Waals surface area contributed by atoms with Gasteiger partial charge in [0.25, 0.3) is 5.91 Å². The highest BCUT2D eigenvalue weighted by Crippen LogP contribution is 2.26. The summed E-state index contributed by atoms with van der Waals surface area (Å²) in [6, 6.07) is 6.82. The molecule has 1 unspecified atom stereocenters. The maximum Gasteiger partial charge on any atom is 0.255 e. The van der Waals surface area contributed by atoms with Crippen LogP contribution in [0.5, 0.6) is 0 Å². The third-order valence-corrected chi connectivity index (χ3v) is 3.44. The fourth-order valence-corrected chi connectivity index (χ4v) is 2.51. The van der Waals surface area contributed by atoms with Crippen LogP contribution >= 0.6 is 0 Å². The quantitative estimate of drug-likeness (QED) is 0.799. The maximum atomic E-state index is 12.2. The Morgan fingerprint density at radius 3 is 2.08 bits per heavy atom. The second-order valence-corrected chi connectivity index (χ2v) is 4.56. The summed E-state index contributed by atoms with van der Waals surface area (Å²) in [5, 5.41) is 2.28. The summed E-state index contributed by atoms with van der Waals surface area (Å²) >= 11 is 0. The van der Waals surface area contributed by atoms with Gasteiger partial charge in [0.1, 0.15) is 6.04 Å². The Balaban J connectivity index is 0.000000798. The summed E-state index contributed by atoms with van der Waals surface area (Å²) in [5.41, 5.74) is 1.59. The maximum absolute atomic E-state index is 12.2. The molecule has 0 spiro atoms. The number of hydrogen-bond acceptors (Lipinski definition) is 3. The summed E-state index contributed by atoms with van der Waals surface area (Å²) in [6.45, 7) is 12.4. The first kappa shape index (κ1) is 21.8. The van der Waals surface area contributed by atoms with Crippen LogP contribution in [0.25, 0.3) is 0 Å². The monoisotopic (exact) mass is 334 g/mol. The predicted molar refractivity (Wildman–Crippen MR) is 96.5 cm³/mol. The first-order valence-electron chi connectivity index (χ1n) is 8.89. The van der Waals surface area contributed by atoms with Crippen LogP contribution in [-0.2, 0) is 16.1 Å². The minimum Gasteiger partial charge on any atom is -0.322 e. The molecule has 2 aliphatic heterocycles. The van der Waals surface area contributed by atoms with E-state index < -0.39 is 6.04 Å². The van der Waals surface area contributed by atoms with E-state index in [1.807, 2.05) is 59.7 Å². The van der Waals surface area contributed by atoms with Crippen molar-refractivity contribution in [2.24, 2.45) is 0 Å². The minimum absolute atomic E-state index is 0.125. The number of amides is 3. The zero-order valence-corrected chi connectivity index (χ0v) is 15.7. The smallest absolute Gasteiger partial charge is 0.255 e. The van der Waals surface area contributed by atoms with Crippen LogP contribution in [0.1, 0.15) is 70.3 Å². The van der Waals surface area contributed by atoms with Gasteiger partial charge in [-0.15, -0.1) is 0 Å². The largest absolute Gasteiger partial charge is 0.322 e. The van der Waals surface area contributed by atoms with E-state index in [0.717, 1.165) is 5.56 Å². The van der Waals surface area contributed by atoms with Crippen LogP contribution in [0.2, 0.25) is 0 Å². The zero-order valence-electron chi connectivity index (χ0n) is 15.7. The lowest BCUT2D eigenvalue weighted by atomic mass is 10.0. The highest BCUT2D eigenvalue weighted by Gasteiger charge is 2.38. The van der Waals surface area contributed by atoms with Gasteiger partial charge in [-0.2, -0.15) is 0 Å². The summed E-state index contributed by atoms with van der Waals surface area (Å²) in [5.74, 6) is -0.757. The fourth-order valence-electron chi connectivity index (χ4n) is 2.51. The van der Waals surface area contributed by atoms with E-state index in [-0.39, 0.29) is 24.1 Å². The van der Waals surface area contributed by atoms with Gasteiger partial charge in [0.05, 0.1) is 0 Å². The molecule has 1 aromatic rings. The Hall–Kier alpha value is -2.17. The molecular weight excluding hydrogens is 304 g/mol. The molecule has 2 heterocycles. The molecule has 2 aliphatic rings. The molecule has 0 saturated carbocycles. The number of piperidine rings is 1. The van der Waals surface area contributed by atoms with Gasteiger partial charge in [-0.05, 0) is 18.1 Å². The molecule has 1 aromatic carbocycles. The minimum atomic E-state index is -0.525. The molecule has 5 heteroatoms. The average Bonchev–Trinajstić information content (AvgIpc) is 2.97. The van der Waals surface area contributed by atoms with Gasteiger partial charge in [-0.3, -0.25) is 19.7 Å². The molecule has 0 bridgehead atoms. The van der Waals surface area contributed by atoms with E-state index in [1.165, 1.54) is 0 Å². The van der Waals surface area contributed by atoms with Crippen molar-refractivity contribution in [3.63, 3.8) is 0 Å². The summed E-state index contributed by atoms with van der Waals surface area (Å²) in [7, 11) is 0. The molecule has 0 aromatic heterocycles. The van der Waals surface area contributed by atoms with E-state index in [4.69, 9.17) is 0 Å². The van der Waals surface area contributed by atoms with E-state index in [0.29, 0.717) is 18.5 Å². The summed E-state index contributed by atoms with van der Waals surface area (Å²) < 4.78 is 0. The number of fused-ring (bicyclic) bond motifs is 1. The highest BCUT2D eigenvalue weighted by molar-refractivity contribution is 6.05. The number of carbonyl (C=O) groups excluding carboxylic acids is 3. The van der Waals surface area contributed by atoms with Crippen LogP contribution in [0.15, 0.2) is 24.3 Å². The zero-order chi connectivity index (χ0) is 18.7. The van der Waals surface area contributed by atoms with E-state index in [9.17, 15) is 14.4 Å². The van der Waals surface area contributed by atoms with Crippen molar-refractivity contribution >= 4 is 17.7 Å². The van der Waals surface area contributed by atoms with Crippen molar-refractivity contribution in [3.8, 4) is 0 Å². The van der Waals surface area contributed by atoms with Gasteiger partial charge in [0.15, 0.2) is 0 Å². The molecule has 1 N–H and O–H groups in total. The van der Waals surface area contributed by atoms with Gasteiger partial charge in [0.2, 0.25) is 11.8 Å². The number of benzene rings is 1.